The van der Waals surface area contributed by atoms with E-state index in [0.29, 0.717) is 43.6 Å². The number of carbonyl (C=O) groups excluding carboxylic acids is 2. The van der Waals surface area contributed by atoms with E-state index in [4.69, 9.17) is 0 Å². The third-order valence-corrected chi connectivity index (χ3v) is 7.97. The number of amides is 2. The lowest BCUT2D eigenvalue weighted by Gasteiger charge is -2.33. The molecule has 1 fully saturated rings. The van der Waals surface area contributed by atoms with Gasteiger partial charge in [0, 0.05) is 45.1 Å². The minimum absolute atomic E-state index is 0.0151. The molecule has 0 aliphatic carbocycles. The molecule has 9 heteroatoms. The molecule has 8 nitrogen and oxygen atoms in total. The van der Waals surface area contributed by atoms with Gasteiger partial charge in [-0.25, -0.2) is 13.1 Å². The Kier molecular flexibility index (Phi) is 9.68. The normalized spacial score (nSPS) is 15.6. The number of hydrogen-bond acceptors (Lipinski definition) is 5. The number of benzene rings is 1. The predicted molar refractivity (Wildman–Crippen MR) is 135 cm³/mol. The van der Waals surface area contributed by atoms with Gasteiger partial charge in [-0.15, -0.1) is 0 Å². The Labute approximate surface area is 205 Å². The Balaban J connectivity index is 1.79. The van der Waals surface area contributed by atoms with Crippen LogP contribution in [0.5, 0.6) is 0 Å². The van der Waals surface area contributed by atoms with E-state index in [2.05, 4.69) is 28.8 Å². The SMILES string of the molecule is Cc1cc(C)c(S(=O)(=O)NCCC(=O)N2CCC(C(=O)NCC(C)(C)CN(C)C)CC2)c(C)c1. The standard InChI is InChI=1S/C25H42N4O4S/c1-18-14-19(2)23(20(3)15-18)34(32,33)27-11-8-22(30)29-12-9-21(10-13-29)24(31)26-16-25(4,5)17-28(6)7/h14-15,21,27H,8-13,16-17H2,1-7H3,(H,26,31). The minimum atomic E-state index is -3.69. The summed E-state index contributed by atoms with van der Waals surface area (Å²) < 4.78 is 28.1. The molecule has 192 valence electrons. The molecule has 0 saturated carbocycles. The first kappa shape index (κ1) is 28.3. The second-order valence-electron chi connectivity index (χ2n) is 10.7. The Hall–Kier alpha value is -1.97. The first-order valence-electron chi connectivity index (χ1n) is 12.0. The van der Waals surface area contributed by atoms with Gasteiger partial charge in [-0.05, 0) is 64.3 Å². The average molecular weight is 495 g/mol. The fraction of sp³-hybridized carbons (Fsp3) is 0.680. The largest absolute Gasteiger partial charge is 0.355 e. The lowest BCUT2D eigenvalue weighted by molar-refractivity contribution is -0.135. The maximum Gasteiger partial charge on any atom is 0.241 e. The fourth-order valence-electron chi connectivity index (χ4n) is 4.89. The van der Waals surface area contributed by atoms with E-state index >= 15 is 0 Å². The maximum atomic E-state index is 12.8. The van der Waals surface area contributed by atoms with Crippen LogP contribution in [-0.4, -0.2) is 76.9 Å². The summed E-state index contributed by atoms with van der Waals surface area (Å²) >= 11 is 0. The van der Waals surface area contributed by atoms with Crippen LogP contribution in [0.1, 0.15) is 49.8 Å². The van der Waals surface area contributed by atoms with Crippen LogP contribution in [-0.2, 0) is 19.6 Å². The van der Waals surface area contributed by atoms with Crippen molar-refractivity contribution in [2.45, 2.75) is 58.8 Å². The van der Waals surface area contributed by atoms with Gasteiger partial charge < -0.3 is 15.1 Å². The fourth-order valence-corrected chi connectivity index (χ4v) is 6.37. The summed E-state index contributed by atoms with van der Waals surface area (Å²) in [7, 11) is 0.352. The quantitative estimate of drug-likeness (QED) is 0.520. The van der Waals surface area contributed by atoms with Crippen LogP contribution in [0, 0.1) is 32.1 Å². The van der Waals surface area contributed by atoms with Crippen molar-refractivity contribution in [3.8, 4) is 0 Å². The molecule has 0 radical (unpaired) electrons. The highest BCUT2D eigenvalue weighted by molar-refractivity contribution is 7.89. The number of likely N-dealkylation sites (tertiary alicyclic amines) is 1. The molecule has 2 rings (SSSR count). The Bertz CT molecular complexity index is 958. The number of nitrogens with zero attached hydrogens (tertiary/aromatic N) is 2. The van der Waals surface area contributed by atoms with Gasteiger partial charge in [-0.3, -0.25) is 9.59 Å². The topological polar surface area (TPSA) is 98.8 Å². The second kappa shape index (κ2) is 11.6. The monoisotopic (exact) mass is 494 g/mol. The van der Waals surface area contributed by atoms with Gasteiger partial charge in [0.25, 0.3) is 0 Å². The zero-order chi connectivity index (χ0) is 25.7. The molecule has 2 amide bonds. The molecule has 34 heavy (non-hydrogen) atoms. The molecule has 2 N–H and O–H groups in total. The molecule has 1 heterocycles. The van der Waals surface area contributed by atoms with Crippen molar-refractivity contribution in [3.05, 3.63) is 28.8 Å². The smallest absolute Gasteiger partial charge is 0.241 e. The third-order valence-electron chi connectivity index (χ3n) is 6.21. The van der Waals surface area contributed by atoms with E-state index in [0.717, 1.165) is 12.1 Å². The van der Waals surface area contributed by atoms with E-state index in [1.54, 1.807) is 18.7 Å². The molecule has 1 aliphatic heterocycles. The summed E-state index contributed by atoms with van der Waals surface area (Å²) in [6.07, 6.45) is 1.34. The van der Waals surface area contributed by atoms with Crippen molar-refractivity contribution in [2.75, 3.05) is 46.8 Å². The average Bonchev–Trinajstić information content (AvgIpc) is 2.70. The zero-order valence-electron chi connectivity index (χ0n) is 21.8. The first-order valence-corrected chi connectivity index (χ1v) is 13.5. The summed E-state index contributed by atoms with van der Waals surface area (Å²) in [5.74, 6) is -0.133. The van der Waals surface area contributed by atoms with Crippen molar-refractivity contribution < 1.29 is 18.0 Å². The molecule has 0 bridgehead atoms. The van der Waals surface area contributed by atoms with Crippen LogP contribution >= 0.6 is 0 Å². The molecule has 1 aliphatic rings. The predicted octanol–water partition coefficient (Wildman–Crippen LogP) is 2.22. The molecule has 0 aromatic heterocycles. The van der Waals surface area contributed by atoms with Crippen LogP contribution in [0.3, 0.4) is 0 Å². The molecule has 0 spiro atoms. The summed E-state index contributed by atoms with van der Waals surface area (Å²) in [6, 6.07) is 3.69. The van der Waals surface area contributed by atoms with Crippen LogP contribution in [0.2, 0.25) is 0 Å². The van der Waals surface area contributed by atoms with Gasteiger partial charge >= 0.3 is 0 Å². The number of nitrogens with one attached hydrogen (secondary N) is 2. The number of piperidine rings is 1. The number of carbonyl (C=O) groups is 2. The van der Waals surface area contributed by atoms with E-state index in [1.165, 1.54) is 0 Å². The number of rotatable bonds is 10. The zero-order valence-corrected chi connectivity index (χ0v) is 22.6. The highest BCUT2D eigenvalue weighted by Crippen LogP contribution is 2.22. The molecule has 1 saturated heterocycles. The van der Waals surface area contributed by atoms with Crippen LogP contribution in [0.4, 0.5) is 0 Å². The van der Waals surface area contributed by atoms with E-state index in [1.807, 2.05) is 33.2 Å². The summed E-state index contributed by atoms with van der Waals surface area (Å²) in [5, 5.41) is 3.08. The van der Waals surface area contributed by atoms with Crippen molar-refractivity contribution in [3.63, 3.8) is 0 Å². The summed E-state index contributed by atoms with van der Waals surface area (Å²) in [6.45, 7) is 12.3. The van der Waals surface area contributed by atoms with Crippen LogP contribution < -0.4 is 10.0 Å². The van der Waals surface area contributed by atoms with Crippen LogP contribution in [0.25, 0.3) is 0 Å². The van der Waals surface area contributed by atoms with Gasteiger partial charge in [-0.2, -0.15) is 0 Å². The molecule has 0 atom stereocenters. The molecule has 0 unspecified atom stereocenters. The Morgan fingerprint density at radius 3 is 2.18 bits per heavy atom. The van der Waals surface area contributed by atoms with E-state index in [9.17, 15) is 18.0 Å². The lowest BCUT2D eigenvalue weighted by Crippen LogP contribution is -2.46. The molecule has 1 aromatic carbocycles. The minimum Gasteiger partial charge on any atom is -0.355 e. The molecular formula is C25H42N4O4S. The van der Waals surface area contributed by atoms with Crippen LogP contribution in [0.15, 0.2) is 17.0 Å². The van der Waals surface area contributed by atoms with E-state index < -0.39 is 10.0 Å². The third kappa shape index (κ3) is 8.06. The summed E-state index contributed by atoms with van der Waals surface area (Å²) in [5.41, 5.74) is 2.39. The first-order chi connectivity index (χ1) is 15.7. The van der Waals surface area contributed by atoms with Gasteiger partial charge in [0.2, 0.25) is 21.8 Å². The van der Waals surface area contributed by atoms with Crippen molar-refractivity contribution in [2.24, 2.45) is 11.3 Å². The van der Waals surface area contributed by atoms with Crippen molar-refractivity contribution >= 4 is 21.8 Å². The van der Waals surface area contributed by atoms with Gasteiger partial charge in [0.15, 0.2) is 0 Å². The lowest BCUT2D eigenvalue weighted by atomic mass is 9.91. The molecule has 1 aromatic rings. The van der Waals surface area contributed by atoms with Crippen molar-refractivity contribution in [1.29, 1.82) is 0 Å². The maximum absolute atomic E-state index is 12.8. The second-order valence-corrected chi connectivity index (χ2v) is 12.4. The Morgan fingerprint density at radius 1 is 1.09 bits per heavy atom. The highest BCUT2D eigenvalue weighted by Gasteiger charge is 2.29. The van der Waals surface area contributed by atoms with Gasteiger partial charge in [0.1, 0.15) is 0 Å². The highest BCUT2D eigenvalue weighted by atomic mass is 32.2. The number of sulfonamides is 1. The number of aryl methyl sites for hydroxylation is 3. The van der Waals surface area contributed by atoms with E-state index in [-0.39, 0.29) is 41.0 Å². The van der Waals surface area contributed by atoms with Gasteiger partial charge in [-0.1, -0.05) is 31.5 Å². The Morgan fingerprint density at radius 2 is 1.65 bits per heavy atom. The molecular weight excluding hydrogens is 452 g/mol. The van der Waals surface area contributed by atoms with Crippen molar-refractivity contribution in [1.82, 2.24) is 19.8 Å². The van der Waals surface area contributed by atoms with Gasteiger partial charge in [0.05, 0.1) is 4.90 Å². The summed E-state index contributed by atoms with van der Waals surface area (Å²) in [4.78, 5) is 29.3. The number of hydrogen-bond donors (Lipinski definition) is 2.